The fourth-order valence-electron chi connectivity index (χ4n) is 1.93. The highest BCUT2D eigenvalue weighted by Crippen LogP contribution is 2.28. The third-order valence-electron chi connectivity index (χ3n) is 2.85. The minimum Gasteiger partial charge on any atom is -0.370 e. The van der Waals surface area contributed by atoms with Gasteiger partial charge in [0.2, 0.25) is 5.91 Å². The van der Waals surface area contributed by atoms with E-state index in [2.05, 4.69) is 0 Å². The molecule has 1 aromatic carbocycles. The van der Waals surface area contributed by atoms with Gasteiger partial charge in [-0.1, -0.05) is 29.8 Å². The van der Waals surface area contributed by atoms with Gasteiger partial charge in [0, 0.05) is 17.1 Å². The maximum Gasteiger partial charge on any atom is 0.236 e. The molecule has 17 heavy (non-hydrogen) atoms. The molecule has 1 fully saturated rings. The van der Waals surface area contributed by atoms with Crippen LogP contribution in [-0.2, 0) is 9.53 Å². The molecule has 1 aliphatic rings. The molecule has 0 spiro atoms. The Kier molecular flexibility index (Phi) is 3.99. The monoisotopic (exact) mass is 254 g/mol. The molecule has 0 saturated carbocycles. The number of ether oxygens (including phenoxy) is 1. The van der Waals surface area contributed by atoms with Crippen molar-refractivity contribution in [3.8, 4) is 0 Å². The third kappa shape index (κ3) is 2.77. The Morgan fingerprint density at radius 2 is 2.29 bits per heavy atom. The van der Waals surface area contributed by atoms with E-state index < -0.39 is 0 Å². The Morgan fingerprint density at radius 1 is 1.53 bits per heavy atom. The Hall–Kier alpha value is -1.10. The number of nitrogens with zero attached hydrogens (tertiary/aromatic N) is 1. The van der Waals surface area contributed by atoms with Crippen LogP contribution in [-0.4, -0.2) is 37.0 Å². The van der Waals surface area contributed by atoms with Gasteiger partial charge in [0.25, 0.3) is 0 Å². The van der Waals surface area contributed by atoms with Crippen LogP contribution in [0.2, 0.25) is 5.02 Å². The summed E-state index contributed by atoms with van der Waals surface area (Å²) in [7, 11) is 0. The number of benzene rings is 1. The van der Waals surface area contributed by atoms with Crippen molar-refractivity contribution in [3.63, 3.8) is 0 Å². The van der Waals surface area contributed by atoms with E-state index in [9.17, 15) is 4.79 Å². The van der Waals surface area contributed by atoms with E-state index in [0.717, 1.165) is 5.56 Å². The summed E-state index contributed by atoms with van der Waals surface area (Å²) in [4.78, 5) is 13.3. The van der Waals surface area contributed by atoms with Gasteiger partial charge >= 0.3 is 0 Å². The molecule has 0 bridgehead atoms. The lowest BCUT2D eigenvalue weighted by atomic mass is 10.1. The molecule has 2 N–H and O–H groups in total. The number of rotatable bonds is 2. The van der Waals surface area contributed by atoms with Crippen LogP contribution < -0.4 is 5.73 Å². The average Bonchev–Trinajstić information content (AvgIpc) is 2.38. The van der Waals surface area contributed by atoms with Crippen molar-refractivity contribution in [2.24, 2.45) is 5.73 Å². The first-order valence-corrected chi connectivity index (χ1v) is 5.94. The molecule has 0 aromatic heterocycles. The van der Waals surface area contributed by atoms with Crippen LogP contribution in [0.5, 0.6) is 0 Å². The summed E-state index contributed by atoms with van der Waals surface area (Å²) in [6.45, 7) is 1.66. The molecule has 4 nitrogen and oxygen atoms in total. The normalized spacial score (nSPS) is 20.4. The Bertz CT molecular complexity index is 411. The molecule has 92 valence electrons. The molecule has 1 aliphatic heterocycles. The molecule has 2 rings (SSSR count). The number of morpholine rings is 1. The van der Waals surface area contributed by atoms with E-state index >= 15 is 0 Å². The van der Waals surface area contributed by atoms with Gasteiger partial charge in [-0.2, -0.15) is 0 Å². The largest absolute Gasteiger partial charge is 0.370 e. The minimum absolute atomic E-state index is 0.0369. The van der Waals surface area contributed by atoms with Gasteiger partial charge < -0.3 is 15.4 Å². The summed E-state index contributed by atoms with van der Waals surface area (Å²) in [6, 6.07) is 7.53. The Morgan fingerprint density at radius 3 is 3.00 bits per heavy atom. The maximum atomic E-state index is 11.5. The molecule has 0 aliphatic carbocycles. The van der Waals surface area contributed by atoms with Crippen molar-refractivity contribution in [3.05, 3.63) is 34.9 Å². The van der Waals surface area contributed by atoms with Crippen molar-refractivity contribution in [2.75, 3.05) is 26.2 Å². The van der Waals surface area contributed by atoms with Crippen molar-refractivity contribution in [2.45, 2.75) is 6.10 Å². The molecule has 1 amide bonds. The maximum absolute atomic E-state index is 11.5. The first-order valence-electron chi connectivity index (χ1n) is 5.56. The Balaban J connectivity index is 2.12. The number of halogens is 1. The van der Waals surface area contributed by atoms with E-state index in [1.165, 1.54) is 0 Å². The van der Waals surface area contributed by atoms with Crippen molar-refractivity contribution < 1.29 is 9.53 Å². The number of hydrogen-bond donors (Lipinski definition) is 1. The topological polar surface area (TPSA) is 55.6 Å². The van der Waals surface area contributed by atoms with Crippen molar-refractivity contribution in [1.82, 2.24) is 4.90 Å². The molecule has 1 unspecified atom stereocenters. The lowest BCUT2D eigenvalue weighted by molar-refractivity contribution is -0.137. The molecule has 0 radical (unpaired) electrons. The first-order chi connectivity index (χ1) is 8.22. The lowest BCUT2D eigenvalue weighted by Gasteiger charge is -2.33. The molecule has 1 atom stereocenters. The third-order valence-corrected chi connectivity index (χ3v) is 3.19. The van der Waals surface area contributed by atoms with Crippen LogP contribution in [0.4, 0.5) is 0 Å². The van der Waals surface area contributed by atoms with Crippen molar-refractivity contribution >= 4 is 17.5 Å². The van der Waals surface area contributed by atoms with Crippen LogP contribution in [0.3, 0.4) is 0 Å². The van der Waals surface area contributed by atoms with Gasteiger partial charge in [0.05, 0.1) is 19.7 Å². The van der Waals surface area contributed by atoms with E-state index in [1.807, 2.05) is 24.3 Å². The molecule has 1 heterocycles. The van der Waals surface area contributed by atoms with Gasteiger partial charge in [0.15, 0.2) is 0 Å². The average molecular weight is 255 g/mol. The van der Waals surface area contributed by atoms with E-state index in [4.69, 9.17) is 22.1 Å². The van der Waals surface area contributed by atoms with Crippen molar-refractivity contribution in [1.29, 1.82) is 0 Å². The lowest BCUT2D eigenvalue weighted by Crippen LogP contribution is -2.44. The summed E-state index contributed by atoms with van der Waals surface area (Å²) in [5, 5.41) is 0.666. The summed E-state index contributed by atoms with van der Waals surface area (Å²) < 4.78 is 5.65. The van der Waals surface area contributed by atoms with Crippen LogP contribution in [0.25, 0.3) is 0 Å². The van der Waals surface area contributed by atoms with E-state index in [-0.39, 0.29) is 18.6 Å². The quantitative estimate of drug-likeness (QED) is 0.863. The zero-order valence-corrected chi connectivity index (χ0v) is 10.2. The van der Waals surface area contributed by atoms with Crippen LogP contribution in [0, 0.1) is 0 Å². The predicted octanol–water partition coefficient (Wildman–Crippen LogP) is 1.20. The highest BCUT2D eigenvalue weighted by Gasteiger charge is 2.25. The second-order valence-electron chi connectivity index (χ2n) is 3.92. The zero-order chi connectivity index (χ0) is 12.3. The number of nitrogens with two attached hydrogens (primary N) is 1. The second kappa shape index (κ2) is 5.49. The summed E-state index contributed by atoms with van der Waals surface area (Å²) in [6.07, 6.45) is -0.159. The fraction of sp³-hybridized carbons (Fsp3) is 0.417. The molecular formula is C12H15ClN2O2. The van der Waals surface area contributed by atoms with Crippen LogP contribution in [0.1, 0.15) is 11.7 Å². The smallest absolute Gasteiger partial charge is 0.236 e. The SMILES string of the molecule is NCC(=O)N1CCOC(c2ccccc2Cl)C1. The summed E-state index contributed by atoms with van der Waals surface area (Å²) in [5.41, 5.74) is 6.28. The number of carbonyl (C=O) groups excluding carboxylic acids is 1. The van der Waals surface area contributed by atoms with Gasteiger partial charge in [-0.05, 0) is 6.07 Å². The molecule has 1 aromatic rings. The highest BCUT2D eigenvalue weighted by molar-refractivity contribution is 6.31. The highest BCUT2D eigenvalue weighted by atomic mass is 35.5. The molecular weight excluding hydrogens is 240 g/mol. The molecule has 5 heteroatoms. The standard InChI is InChI=1S/C12H15ClN2O2/c13-10-4-2-1-3-9(10)11-8-15(5-6-17-11)12(16)7-14/h1-4,11H,5-8,14H2. The van der Waals surface area contributed by atoms with Gasteiger partial charge in [-0.15, -0.1) is 0 Å². The molecule has 1 saturated heterocycles. The second-order valence-corrected chi connectivity index (χ2v) is 4.33. The van der Waals surface area contributed by atoms with Gasteiger partial charge in [-0.3, -0.25) is 4.79 Å². The minimum atomic E-state index is -0.159. The number of hydrogen-bond acceptors (Lipinski definition) is 3. The number of amides is 1. The fourth-order valence-corrected chi connectivity index (χ4v) is 2.19. The Labute approximate surface area is 105 Å². The zero-order valence-electron chi connectivity index (χ0n) is 9.43. The van der Waals surface area contributed by atoms with Crippen LogP contribution >= 0.6 is 11.6 Å². The number of carbonyl (C=O) groups is 1. The van der Waals surface area contributed by atoms with Gasteiger partial charge in [-0.25, -0.2) is 0 Å². The first kappa shape index (κ1) is 12.4. The summed E-state index contributed by atoms with van der Waals surface area (Å²) in [5.74, 6) is -0.0506. The van der Waals surface area contributed by atoms with Gasteiger partial charge in [0.1, 0.15) is 6.10 Å². The van der Waals surface area contributed by atoms with E-state index in [0.29, 0.717) is 24.7 Å². The predicted molar refractivity (Wildman–Crippen MR) is 65.8 cm³/mol. The van der Waals surface area contributed by atoms with E-state index in [1.54, 1.807) is 4.90 Å². The van der Waals surface area contributed by atoms with Crippen LogP contribution in [0.15, 0.2) is 24.3 Å². The summed E-state index contributed by atoms with van der Waals surface area (Å²) >= 11 is 6.11.